The Labute approximate surface area is 635 Å². The molecule has 1 aromatic heterocycles. The third-order valence-electron chi connectivity index (χ3n) is 20.3. The summed E-state index contributed by atoms with van der Waals surface area (Å²) in [6.07, 6.45) is 24.4. The van der Waals surface area contributed by atoms with Crippen molar-refractivity contribution in [1.29, 1.82) is 0 Å². The maximum atomic E-state index is 12.4. The number of aromatic nitrogens is 1. The lowest BCUT2D eigenvalue weighted by Crippen LogP contribution is -2.55. The predicted molar refractivity (Wildman–Crippen MR) is 419 cm³/mol. The van der Waals surface area contributed by atoms with Gasteiger partial charge in [-0.15, -0.1) is 0 Å². The highest BCUT2D eigenvalue weighted by Gasteiger charge is 2.62. The van der Waals surface area contributed by atoms with Crippen molar-refractivity contribution in [2.75, 3.05) is 43.7 Å². The SMILES string of the molecule is C.CC(C)(CBr)CBr.CC(C)(CO)CO.CC1(C)CC(C(=O)O)(C(=O)O)C1.CC1(C)CC(C(=O)O)C1.CC1(C)CC(C=O)C1.CC1(C)CC(CO)C1.CCCCCOC(=O)C1(C(=O)OCCCCC)CC(C)(C)C1.CC[Si](CC)(CC)OC(CCCC1CC(C)(C)C1)c1c(Cl)cncc1Cl. The minimum absolute atomic E-state index is 0. The van der Waals surface area contributed by atoms with Crippen molar-refractivity contribution in [1.82, 2.24) is 4.98 Å². The molecular weight excluding hydrogens is 1460 g/mol. The Morgan fingerprint density at radius 3 is 1.17 bits per heavy atom. The topological polar surface area (TPSA) is 264 Å². The van der Waals surface area contributed by atoms with Gasteiger partial charge < -0.3 is 49.3 Å². The average molecular weight is 1610 g/mol. The van der Waals surface area contributed by atoms with E-state index in [1.807, 2.05) is 13.8 Å². The molecule has 1 unspecified atom stereocenters. The molecule has 6 aliphatic carbocycles. The van der Waals surface area contributed by atoms with Gasteiger partial charge in [0.05, 0.1) is 48.5 Å². The first-order valence-corrected chi connectivity index (χ1v) is 42.4. The molecular formula is C79H143Br2Cl2NO15Si. The lowest BCUT2D eigenvalue weighted by molar-refractivity contribution is -0.190. The minimum atomic E-state index is -1.74. The zero-order chi connectivity index (χ0) is 76.9. The molecule has 0 amide bonds. The van der Waals surface area contributed by atoms with Crippen LogP contribution in [-0.2, 0) is 42.7 Å². The monoisotopic (exact) mass is 1600 g/mol. The standard InChI is InChI=1S/C21H35Cl2NOSi.C18H32O4.C8H12O4.C7H12O2.C7H14O.C7H12O.C5H10Br2.C5H12O2.CH4/c1-6-26(7-2,8-3)25-19(20-17(22)14-24-15-18(20)23)11-9-10-16-12-21(4,5)13-16;1-5-7-9-11-21-15(19)18(13-17(3,4)14-18)16(20)22-12-10-8-6-2;1-7(2)3-8(4-7,5(9)10)6(11)12;1-7(2)3-5(4-7)6(8)9;2*1-7(2)3-6(4-7)5-8;2*1-5(2,3-6)4-7;/h14-16,19H,6-13H2,1-5H3;5-14H2,1-4H3;3-4H2,1-2H3,(H,9,10)(H,11,12);5H,3-4H2,1-2H3,(H,8,9);6,8H,3-5H2,1-2H3;5-6H,3-4H2,1-2H3;3-4H2,1-2H3;6-7H,3-4H2,1-2H3;1H4. The van der Waals surface area contributed by atoms with E-state index in [-0.39, 0.29) is 73.7 Å². The van der Waals surface area contributed by atoms with E-state index in [9.17, 15) is 28.8 Å². The number of aldehydes is 1. The number of nitrogens with zero attached hydrogens (tertiary/aromatic N) is 1. The third-order valence-corrected chi connectivity index (χ3v) is 28.6. The van der Waals surface area contributed by atoms with E-state index in [0.29, 0.717) is 81.6 Å². The highest BCUT2D eigenvalue weighted by atomic mass is 79.9. The van der Waals surface area contributed by atoms with Crippen molar-refractivity contribution < 1.29 is 73.3 Å². The predicted octanol–water partition coefficient (Wildman–Crippen LogP) is 21.3. The minimum Gasteiger partial charge on any atom is -0.481 e. The highest BCUT2D eigenvalue weighted by Crippen LogP contribution is 2.57. The molecule has 0 aliphatic heterocycles. The van der Waals surface area contributed by atoms with Crippen LogP contribution in [0.2, 0.25) is 28.2 Å². The van der Waals surface area contributed by atoms with E-state index in [2.05, 4.69) is 155 Å². The van der Waals surface area contributed by atoms with E-state index in [0.717, 1.165) is 117 Å². The van der Waals surface area contributed by atoms with E-state index in [4.69, 9.17) is 67.7 Å². The first-order valence-electron chi connectivity index (χ1n) is 36.9. The quantitative estimate of drug-likeness (QED) is 0.0109. The summed E-state index contributed by atoms with van der Waals surface area (Å²) in [5, 5.41) is 54.8. The van der Waals surface area contributed by atoms with Crippen molar-refractivity contribution in [3.63, 3.8) is 0 Å². The highest BCUT2D eigenvalue weighted by molar-refractivity contribution is 9.09. The van der Waals surface area contributed by atoms with Crippen LogP contribution < -0.4 is 0 Å². The third kappa shape index (κ3) is 35.4. The number of aliphatic hydroxyl groups excluding tert-OH is 3. The molecule has 0 bridgehead atoms. The van der Waals surface area contributed by atoms with Crippen molar-refractivity contribution in [2.24, 2.45) is 77.8 Å². The molecule has 6 N–H and O–H groups in total. The maximum absolute atomic E-state index is 12.4. The van der Waals surface area contributed by atoms with Crippen LogP contribution in [0.15, 0.2) is 12.4 Å². The van der Waals surface area contributed by atoms with Crippen molar-refractivity contribution in [3.8, 4) is 0 Å². The molecule has 1 aromatic rings. The number of unbranched alkanes of at least 4 members (excludes halogenated alkanes) is 4. The summed E-state index contributed by atoms with van der Waals surface area (Å²) in [4.78, 5) is 70.6. The van der Waals surface area contributed by atoms with Gasteiger partial charge in [0.25, 0.3) is 0 Å². The number of hydrogen-bond donors (Lipinski definition) is 6. The van der Waals surface area contributed by atoms with Crippen LogP contribution in [0, 0.1) is 77.8 Å². The first-order chi connectivity index (χ1) is 45.5. The summed E-state index contributed by atoms with van der Waals surface area (Å²) in [7, 11) is -1.74. The molecule has 6 fully saturated rings. The molecule has 0 aromatic carbocycles. The summed E-state index contributed by atoms with van der Waals surface area (Å²) in [5.41, 5.74) is 0.201. The number of carbonyl (C=O) groups is 6. The Balaban J connectivity index is 0. The molecule has 16 nitrogen and oxygen atoms in total. The van der Waals surface area contributed by atoms with Gasteiger partial charge in [-0.3, -0.25) is 29.0 Å². The fourth-order valence-corrected chi connectivity index (χ4v) is 18.8. The lowest BCUT2D eigenvalue weighted by Gasteiger charge is -2.48. The van der Waals surface area contributed by atoms with E-state index in [1.54, 1.807) is 26.2 Å². The number of pyridine rings is 1. The van der Waals surface area contributed by atoms with Crippen LogP contribution in [0.4, 0.5) is 0 Å². The van der Waals surface area contributed by atoms with Crippen LogP contribution >= 0.6 is 55.1 Å². The van der Waals surface area contributed by atoms with Crippen LogP contribution in [-0.4, -0.2) is 124 Å². The molecule has 0 radical (unpaired) electrons. The Morgan fingerprint density at radius 2 is 0.940 bits per heavy atom. The summed E-state index contributed by atoms with van der Waals surface area (Å²) in [5.74, 6) is -2.01. The summed E-state index contributed by atoms with van der Waals surface area (Å²) in [6.45, 7) is 46.0. The van der Waals surface area contributed by atoms with Crippen molar-refractivity contribution in [3.05, 3.63) is 28.0 Å². The van der Waals surface area contributed by atoms with Gasteiger partial charge in [-0.25, -0.2) is 0 Å². The molecule has 0 spiro atoms. The zero-order valence-electron chi connectivity index (χ0n) is 65.4. The number of ether oxygens (including phenoxy) is 2. The van der Waals surface area contributed by atoms with Crippen LogP contribution in [0.3, 0.4) is 0 Å². The van der Waals surface area contributed by atoms with Gasteiger partial charge in [0.15, 0.2) is 19.1 Å². The van der Waals surface area contributed by atoms with Crippen LogP contribution in [0.1, 0.15) is 299 Å². The average Bonchev–Trinajstić information content (AvgIpc) is 0.743. The van der Waals surface area contributed by atoms with Crippen molar-refractivity contribution >= 4 is 99.5 Å². The van der Waals surface area contributed by atoms with Gasteiger partial charge in [-0.05, 0) is 164 Å². The molecule has 21 heteroatoms. The van der Waals surface area contributed by atoms with Gasteiger partial charge in [0.1, 0.15) is 6.29 Å². The summed E-state index contributed by atoms with van der Waals surface area (Å²) >= 11 is 19.8. The van der Waals surface area contributed by atoms with E-state index < -0.39 is 37.1 Å². The Kier molecular flexibility index (Phi) is 44.7. The molecule has 6 saturated carbocycles. The second-order valence-electron chi connectivity index (χ2n) is 35.8. The number of alkyl halides is 2. The maximum Gasteiger partial charge on any atom is 0.323 e. The molecule has 100 heavy (non-hydrogen) atoms. The molecule has 0 saturated heterocycles. The molecule has 7 rings (SSSR count). The fraction of sp³-hybridized carbons (Fsp3) is 0.861. The summed E-state index contributed by atoms with van der Waals surface area (Å²) in [6, 6.07) is 3.40. The number of carbonyl (C=O) groups excluding carboxylic acids is 3. The van der Waals surface area contributed by atoms with Crippen molar-refractivity contribution in [2.45, 2.75) is 312 Å². The second-order valence-corrected chi connectivity index (χ2v) is 42.5. The van der Waals surface area contributed by atoms with E-state index in [1.165, 1.54) is 38.5 Å². The number of halogens is 4. The van der Waals surface area contributed by atoms with Gasteiger partial charge >= 0.3 is 29.8 Å². The summed E-state index contributed by atoms with van der Waals surface area (Å²) < 4.78 is 17.6. The Hall–Kier alpha value is -2.23. The van der Waals surface area contributed by atoms with E-state index >= 15 is 0 Å². The van der Waals surface area contributed by atoms with Crippen LogP contribution in [0.25, 0.3) is 0 Å². The van der Waals surface area contributed by atoms with Crippen LogP contribution in [0.5, 0.6) is 0 Å². The zero-order valence-corrected chi connectivity index (χ0v) is 71.0. The molecule has 586 valence electrons. The van der Waals surface area contributed by atoms with Gasteiger partial charge in [0.2, 0.25) is 0 Å². The number of hydrogen-bond acceptors (Lipinski definition) is 13. The molecule has 1 heterocycles. The Bertz CT molecular complexity index is 2440. The van der Waals surface area contributed by atoms with Gasteiger partial charge in [0, 0.05) is 46.6 Å². The fourth-order valence-electron chi connectivity index (χ4n) is 14.5. The number of rotatable bonds is 29. The number of aliphatic carboxylic acids is 3. The number of esters is 2. The Morgan fingerprint density at radius 1 is 0.570 bits per heavy atom. The largest absolute Gasteiger partial charge is 0.481 e. The molecule has 6 aliphatic rings. The second kappa shape index (κ2) is 44.8. The first kappa shape index (κ1) is 99.8. The normalized spacial score (nSPS) is 20.0. The smallest absolute Gasteiger partial charge is 0.323 e. The van der Waals surface area contributed by atoms with Gasteiger partial charge in [-0.2, -0.15) is 0 Å². The molecule has 1 atom stereocenters. The number of aliphatic hydroxyl groups is 3. The number of carboxylic acids is 3. The van der Waals surface area contributed by atoms with Gasteiger partial charge in [-0.1, -0.05) is 246 Å². The lowest BCUT2D eigenvalue weighted by atomic mass is 9.54. The number of carboxylic acid groups (broad SMARTS) is 3.